The van der Waals surface area contributed by atoms with Gasteiger partial charge in [0.1, 0.15) is 17.3 Å². The fourth-order valence-corrected chi connectivity index (χ4v) is 1.40. The first-order valence-electron chi connectivity index (χ1n) is 5.01. The molecule has 106 valence electrons. The number of halogens is 5. The molecule has 3 nitrogen and oxygen atoms in total. The van der Waals surface area contributed by atoms with Crippen LogP contribution in [0.25, 0.3) is 0 Å². The molecule has 0 spiro atoms. The third-order valence-corrected chi connectivity index (χ3v) is 1.96. The molecular formula is C11H9F5O3. The molecule has 0 unspecified atom stereocenters. The Morgan fingerprint density at radius 2 is 1.84 bits per heavy atom. The highest BCUT2D eigenvalue weighted by Crippen LogP contribution is 2.33. The van der Waals surface area contributed by atoms with Crippen LogP contribution in [0.5, 0.6) is 11.5 Å². The lowest BCUT2D eigenvalue weighted by Gasteiger charge is -2.16. The van der Waals surface area contributed by atoms with Crippen molar-refractivity contribution in [2.45, 2.75) is 26.3 Å². The molecular weight excluding hydrogens is 275 g/mol. The molecule has 8 heteroatoms. The van der Waals surface area contributed by atoms with Crippen molar-refractivity contribution in [3.8, 4) is 11.5 Å². The average molecular weight is 284 g/mol. The summed E-state index contributed by atoms with van der Waals surface area (Å²) in [6.45, 7) is -2.11. The third-order valence-electron chi connectivity index (χ3n) is 1.96. The summed E-state index contributed by atoms with van der Waals surface area (Å²) in [6, 6.07) is 3.01. The van der Waals surface area contributed by atoms with E-state index in [9.17, 15) is 26.7 Å². The lowest BCUT2D eigenvalue weighted by atomic mass is 10.1. The Balaban J connectivity index is 3.17. The summed E-state index contributed by atoms with van der Waals surface area (Å²) in [7, 11) is 0. The monoisotopic (exact) mass is 284 g/mol. The number of carbonyl (C=O) groups excluding carboxylic acids is 1. The minimum absolute atomic E-state index is 0.368. The Labute approximate surface area is 104 Å². The van der Waals surface area contributed by atoms with Crippen molar-refractivity contribution in [1.82, 2.24) is 0 Å². The van der Waals surface area contributed by atoms with Crippen LogP contribution in [0.15, 0.2) is 18.2 Å². The number of ketones is 1. The second-order valence-electron chi connectivity index (χ2n) is 3.54. The lowest BCUT2D eigenvalue weighted by Crippen LogP contribution is -2.19. The maximum atomic E-state index is 12.2. The first-order chi connectivity index (χ1) is 8.69. The van der Waals surface area contributed by atoms with Crippen LogP contribution in [0, 0.1) is 0 Å². The molecule has 1 aromatic rings. The highest BCUT2D eigenvalue weighted by Gasteiger charge is 2.33. The summed E-state index contributed by atoms with van der Waals surface area (Å²) in [5, 5.41) is 0. The summed E-state index contributed by atoms with van der Waals surface area (Å²) < 4.78 is 68.5. The molecule has 0 aliphatic heterocycles. The Morgan fingerprint density at radius 3 is 2.32 bits per heavy atom. The largest absolute Gasteiger partial charge is 0.573 e. The van der Waals surface area contributed by atoms with Gasteiger partial charge in [-0.25, -0.2) is 0 Å². The number of hydrogen-bond donors (Lipinski definition) is 0. The maximum Gasteiger partial charge on any atom is 0.573 e. The van der Waals surface area contributed by atoms with Gasteiger partial charge in [-0.15, -0.1) is 13.2 Å². The topological polar surface area (TPSA) is 35.5 Å². The number of alkyl halides is 5. The number of Topliss-reactive ketones (excluding diaryl/α,β-unsaturated/α-hetero) is 1. The zero-order chi connectivity index (χ0) is 14.6. The normalized spacial score (nSPS) is 11.5. The van der Waals surface area contributed by atoms with E-state index in [1.54, 1.807) is 0 Å². The van der Waals surface area contributed by atoms with Crippen molar-refractivity contribution in [1.29, 1.82) is 0 Å². The molecule has 0 saturated carbocycles. The Bertz CT molecular complexity index is 456. The van der Waals surface area contributed by atoms with Crippen molar-refractivity contribution >= 4 is 5.78 Å². The molecule has 0 saturated heterocycles. The number of rotatable bonds is 5. The van der Waals surface area contributed by atoms with Crippen LogP contribution in [0.1, 0.15) is 12.5 Å². The first kappa shape index (κ1) is 15.2. The third kappa shape index (κ3) is 5.11. The van der Waals surface area contributed by atoms with Gasteiger partial charge in [-0.2, -0.15) is 8.78 Å². The van der Waals surface area contributed by atoms with Gasteiger partial charge in [-0.1, -0.05) is 6.07 Å². The number of ether oxygens (including phenoxy) is 2. The van der Waals surface area contributed by atoms with Crippen LogP contribution >= 0.6 is 0 Å². The summed E-state index contributed by atoms with van der Waals surface area (Å²) in [6.07, 6.45) is -5.50. The van der Waals surface area contributed by atoms with Gasteiger partial charge in [0.15, 0.2) is 0 Å². The Kier molecular flexibility index (Phi) is 4.68. The van der Waals surface area contributed by atoms with Crippen molar-refractivity contribution in [2.75, 3.05) is 0 Å². The molecule has 0 aliphatic rings. The maximum absolute atomic E-state index is 12.2. The Hall–Kier alpha value is -1.86. The minimum atomic E-state index is -4.99. The molecule has 0 amide bonds. The standard InChI is InChI=1S/C11H9F5O3/c1-6(17)5-7-8(18-10(12)13)3-2-4-9(7)19-11(14,15)16/h2-4,10H,5H2,1H3. The molecule has 0 atom stereocenters. The highest BCUT2D eigenvalue weighted by atomic mass is 19.4. The van der Waals surface area contributed by atoms with Crippen LogP contribution in [-0.2, 0) is 11.2 Å². The predicted molar refractivity (Wildman–Crippen MR) is 54.1 cm³/mol. The van der Waals surface area contributed by atoms with E-state index in [0.29, 0.717) is 0 Å². The molecule has 0 aromatic heterocycles. The van der Waals surface area contributed by atoms with Gasteiger partial charge in [0.05, 0.1) is 0 Å². The first-order valence-corrected chi connectivity index (χ1v) is 5.01. The SMILES string of the molecule is CC(=O)Cc1c(OC(F)F)cccc1OC(F)(F)F. The molecule has 0 fully saturated rings. The van der Waals surface area contributed by atoms with Gasteiger partial charge in [-0.3, -0.25) is 4.79 Å². The average Bonchev–Trinajstić information content (AvgIpc) is 2.19. The second-order valence-corrected chi connectivity index (χ2v) is 3.54. The lowest BCUT2D eigenvalue weighted by molar-refractivity contribution is -0.274. The zero-order valence-electron chi connectivity index (χ0n) is 9.63. The molecule has 1 aromatic carbocycles. The molecule has 0 radical (unpaired) electrons. The van der Waals surface area contributed by atoms with Gasteiger partial charge in [0.25, 0.3) is 0 Å². The molecule has 1 rings (SSSR count). The van der Waals surface area contributed by atoms with Gasteiger partial charge in [-0.05, 0) is 19.1 Å². The summed E-state index contributed by atoms with van der Waals surface area (Å²) >= 11 is 0. The highest BCUT2D eigenvalue weighted by molar-refractivity contribution is 5.80. The summed E-state index contributed by atoms with van der Waals surface area (Å²) in [5.74, 6) is -1.77. The molecule has 0 bridgehead atoms. The van der Waals surface area contributed by atoms with E-state index in [1.165, 1.54) is 0 Å². The van der Waals surface area contributed by atoms with Crippen LogP contribution < -0.4 is 9.47 Å². The van der Waals surface area contributed by atoms with Crippen LogP contribution in [0.3, 0.4) is 0 Å². The number of hydrogen-bond acceptors (Lipinski definition) is 3. The molecule has 0 heterocycles. The van der Waals surface area contributed by atoms with E-state index < -0.39 is 36.7 Å². The minimum Gasteiger partial charge on any atom is -0.434 e. The van der Waals surface area contributed by atoms with Gasteiger partial charge in [0, 0.05) is 12.0 Å². The van der Waals surface area contributed by atoms with Gasteiger partial charge >= 0.3 is 13.0 Å². The zero-order valence-corrected chi connectivity index (χ0v) is 9.63. The van der Waals surface area contributed by atoms with E-state index in [1.807, 2.05) is 0 Å². The fraction of sp³-hybridized carbons (Fsp3) is 0.364. The summed E-state index contributed by atoms with van der Waals surface area (Å²) in [4.78, 5) is 11.0. The van der Waals surface area contributed by atoms with E-state index in [-0.39, 0.29) is 5.56 Å². The molecule has 0 N–H and O–H groups in total. The van der Waals surface area contributed by atoms with Crippen molar-refractivity contribution < 1.29 is 36.2 Å². The molecule has 0 aliphatic carbocycles. The van der Waals surface area contributed by atoms with E-state index in [4.69, 9.17) is 0 Å². The number of benzene rings is 1. The van der Waals surface area contributed by atoms with Gasteiger partial charge in [0.2, 0.25) is 0 Å². The van der Waals surface area contributed by atoms with E-state index >= 15 is 0 Å². The van der Waals surface area contributed by atoms with Crippen molar-refractivity contribution in [3.05, 3.63) is 23.8 Å². The van der Waals surface area contributed by atoms with Crippen LogP contribution in [0.2, 0.25) is 0 Å². The fourth-order valence-electron chi connectivity index (χ4n) is 1.40. The quantitative estimate of drug-likeness (QED) is 0.778. The summed E-state index contributed by atoms with van der Waals surface area (Å²) in [5.41, 5.74) is -0.368. The number of carbonyl (C=O) groups is 1. The smallest absolute Gasteiger partial charge is 0.434 e. The van der Waals surface area contributed by atoms with Crippen molar-refractivity contribution in [3.63, 3.8) is 0 Å². The van der Waals surface area contributed by atoms with Gasteiger partial charge < -0.3 is 9.47 Å². The predicted octanol–water partition coefficient (Wildman–Crippen LogP) is 3.32. The second kappa shape index (κ2) is 5.85. The Morgan fingerprint density at radius 1 is 1.26 bits per heavy atom. The molecule has 19 heavy (non-hydrogen) atoms. The van der Waals surface area contributed by atoms with E-state index in [2.05, 4.69) is 9.47 Å². The van der Waals surface area contributed by atoms with Crippen LogP contribution in [0.4, 0.5) is 22.0 Å². The van der Waals surface area contributed by atoms with E-state index in [0.717, 1.165) is 25.1 Å². The van der Waals surface area contributed by atoms with Crippen molar-refractivity contribution in [2.24, 2.45) is 0 Å². The van der Waals surface area contributed by atoms with Crippen LogP contribution in [-0.4, -0.2) is 18.8 Å².